The molecule has 0 atom stereocenters. The number of hydrogen-bond acceptors (Lipinski definition) is 1. The first-order chi connectivity index (χ1) is 10.8. The lowest BCUT2D eigenvalue weighted by Gasteiger charge is -2.25. The van der Waals surface area contributed by atoms with Gasteiger partial charge in [0.05, 0.1) is 0 Å². The molecule has 0 radical (unpaired) electrons. The first-order valence-corrected chi connectivity index (χ1v) is 9.59. The Balaban J connectivity index is 0. The predicted octanol–water partition coefficient (Wildman–Crippen LogP) is 7.23. The number of unbranched alkanes of at least 4 members (excludes halogenated alkanes) is 4. The lowest BCUT2D eigenvalue weighted by molar-refractivity contribution is 0.636. The molecule has 22 heavy (non-hydrogen) atoms. The molecule has 0 spiro atoms. The maximum atomic E-state index is 2.56. The van der Waals surface area contributed by atoms with Gasteiger partial charge in [-0.1, -0.05) is 84.9 Å². The van der Waals surface area contributed by atoms with E-state index in [2.05, 4.69) is 49.9 Å². The Morgan fingerprint density at radius 3 is 1.45 bits per heavy atom. The van der Waals surface area contributed by atoms with Gasteiger partial charge in [0, 0.05) is 18.8 Å². The molecule has 0 saturated heterocycles. The Hall–Kier alpha value is -0.980. The molecule has 0 aliphatic rings. The van der Waals surface area contributed by atoms with Crippen LogP contribution in [0.25, 0.3) is 0 Å². The lowest BCUT2D eigenvalue weighted by atomic mass is 10.1. The van der Waals surface area contributed by atoms with Crippen LogP contribution in [0.1, 0.15) is 85.6 Å². The fourth-order valence-corrected chi connectivity index (χ4v) is 2.23. The van der Waals surface area contributed by atoms with Gasteiger partial charge in [-0.3, -0.25) is 0 Å². The van der Waals surface area contributed by atoms with Gasteiger partial charge in [0.25, 0.3) is 0 Å². The molecule has 0 N–H and O–H groups in total. The fraction of sp³-hybridized carbons (Fsp3) is 0.714. The summed E-state index contributed by atoms with van der Waals surface area (Å²) >= 11 is 0. The molecule has 1 rings (SSSR count). The molecule has 0 unspecified atom stereocenters. The molecular formula is C21H41N. The first kappa shape index (κ1) is 23.3. The number of rotatable bonds is 9. The van der Waals surface area contributed by atoms with E-state index in [4.69, 9.17) is 0 Å². The van der Waals surface area contributed by atoms with Gasteiger partial charge >= 0.3 is 0 Å². The second-order valence-electron chi connectivity index (χ2n) is 5.24. The van der Waals surface area contributed by atoms with Gasteiger partial charge in [-0.25, -0.2) is 0 Å². The molecule has 0 heterocycles. The maximum Gasteiger partial charge on any atom is 0.0366 e. The minimum absolute atomic E-state index is 1.21. The lowest BCUT2D eigenvalue weighted by Crippen LogP contribution is -2.25. The highest BCUT2D eigenvalue weighted by Crippen LogP contribution is 2.17. The minimum Gasteiger partial charge on any atom is -0.372 e. The third-order valence-electron chi connectivity index (χ3n) is 3.46. The Labute approximate surface area is 141 Å². The van der Waals surface area contributed by atoms with E-state index >= 15 is 0 Å². The summed E-state index contributed by atoms with van der Waals surface area (Å²) in [6.07, 6.45) is 7.92. The van der Waals surface area contributed by atoms with Crippen LogP contribution in [-0.4, -0.2) is 13.1 Å². The Morgan fingerprint density at radius 1 is 0.682 bits per heavy atom. The molecule has 0 fully saturated rings. The van der Waals surface area contributed by atoms with Crippen molar-refractivity contribution in [2.45, 2.75) is 87.0 Å². The van der Waals surface area contributed by atoms with E-state index < -0.39 is 0 Å². The third-order valence-corrected chi connectivity index (χ3v) is 3.46. The second-order valence-corrected chi connectivity index (χ2v) is 5.24. The fourth-order valence-electron chi connectivity index (χ4n) is 2.23. The van der Waals surface area contributed by atoms with E-state index in [1.165, 1.54) is 62.9 Å². The molecule has 1 nitrogen and oxygen atoms in total. The number of aryl methyl sites for hydroxylation is 1. The number of benzene rings is 1. The largest absolute Gasteiger partial charge is 0.372 e. The topological polar surface area (TPSA) is 3.24 Å². The molecule has 0 saturated carbocycles. The highest BCUT2D eigenvalue weighted by atomic mass is 15.1. The van der Waals surface area contributed by atoms with Crippen LogP contribution in [0, 0.1) is 6.92 Å². The van der Waals surface area contributed by atoms with Crippen LogP contribution >= 0.6 is 0 Å². The zero-order valence-electron chi connectivity index (χ0n) is 16.4. The summed E-state index contributed by atoms with van der Waals surface area (Å²) < 4.78 is 0. The summed E-state index contributed by atoms with van der Waals surface area (Å²) in [6.45, 7) is 17.1. The van der Waals surface area contributed by atoms with Gasteiger partial charge in [-0.05, 0) is 31.9 Å². The maximum absolute atomic E-state index is 2.56. The molecule has 0 aliphatic carbocycles. The van der Waals surface area contributed by atoms with Crippen molar-refractivity contribution in [2.24, 2.45) is 0 Å². The van der Waals surface area contributed by atoms with Gasteiger partial charge in [0.2, 0.25) is 0 Å². The molecule has 1 aromatic rings. The van der Waals surface area contributed by atoms with Gasteiger partial charge in [0.15, 0.2) is 0 Å². The number of nitrogens with zero attached hydrogens (tertiary/aromatic N) is 1. The molecular weight excluding hydrogens is 266 g/mol. The molecule has 1 aromatic carbocycles. The van der Waals surface area contributed by atoms with Gasteiger partial charge in [-0.2, -0.15) is 0 Å². The zero-order valence-corrected chi connectivity index (χ0v) is 16.4. The van der Waals surface area contributed by atoms with Crippen LogP contribution in [0.3, 0.4) is 0 Å². The normalized spacial score (nSPS) is 9.23. The zero-order chi connectivity index (χ0) is 17.2. The molecule has 0 aromatic heterocycles. The highest BCUT2D eigenvalue weighted by molar-refractivity contribution is 5.47. The summed E-state index contributed by atoms with van der Waals surface area (Å²) in [4.78, 5) is 2.56. The standard InChI is InChI=1S/C17H29N.2C2H6/c1-4-6-8-14-18(15-9-7-5-2)17-12-10-16(3)11-13-17;2*1-2/h10-13H,4-9,14-15H2,1-3H3;2*1-2H3. The van der Waals surface area contributed by atoms with Crippen molar-refractivity contribution in [1.29, 1.82) is 0 Å². The summed E-state index contributed by atoms with van der Waals surface area (Å²) in [6, 6.07) is 8.99. The van der Waals surface area contributed by atoms with E-state index in [0.717, 1.165) is 0 Å². The van der Waals surface area contributed by atoms with E-state index in [-0.39, 0.29) is 0 Å². The number of hydrogen-bond donors (Lipinski definition) is 0. The number of anilines is 1. The average Bonchev–Trinajstić information content (AvgIpc) is 2.58. The molecule has 130 valence electrons. The van der Waals surface area contributed by atoms with E-state index in [1.54, 1.807) is 0 Å². The Morgan fingerprint density at radius 2 is 1.09 bits per heavy atom. The van der Waals surface area contributed by atoms with E-state index in [1.807, 2.05) is 27.7 Å². The van der Waals surface area contributed by atoms with Crippen molar-refractivity contribution >= 4 is 5.69 Å². The van der Waals surface area contributed by atoms with Crippen LogP contribution in [0.5, 0.6) is 0 Å². The monoisotopic (exact) mass is 307 g/mol. The molecule has 1 heteroatoms. The van der Waals surface area contributed by atoms with Crippen molar-refractivity contribution in [2.75, 3.05) is 18.0 Å². The molecule has 0 bridgehead atoms. The van der Waals surface area contributed by atoms with Crippen molar-refractivity contribution in [3.63, 3.8) is 0 Å². The van der Waals surface area contributed by atoms with Crippen molar-refractivity contribution in [3.05, 3.63) is 29.8 Å². The van der Waals surface area contributed by atoms with Gasteiger partial charge in [0.1, 0.15) is 0 Å². The Kier molecular flexibility index (Phi) is 19.1. The average molecular weight is 308 g/mol. The highest BCUT2D eigenvalue weighted by Gasteiger charge is 2.05. The van der Waals surface area contributed by atoms with Crippen molar-refractivity contribution < 1.29 is 0 Å². The van der Waals surface area contributed by atoms with Crippen LogP contribution in [0.15, 0.2) is 24.3 Å². The van der Waals surface area contributed by atoms with Crippen molar-refractivity contribution in [1.82, 2.24) is 0 Å². The quantitative estimate of drug-likeness (QED) is 0.435. The summed E-state index contributed by atoms with van der Waals surface area (Å²) in [7, 11) is 0. The van der Waals surface area contributed by atoms with E-state index in [0.29, 0.717) is 0 Å². The van der Waals surface area contributed by atoms with Crippen LogP contribution in [-0.2, 0) is 0 Å². The predicted molar refractivity (Wildman–Crippen MR) is 105 cm³/mol. The molecule has 0 amide bonds. The first-order valence-electron chi connectivity index (χ1n) is 9.59. The molecule has 0 aliphatic heterocycles. The van der Waals surface area contributed by atoms with Crippen LogP contribution in [0.4, 0.5) is 5.69 Å². The summed E-state index contributed by atoms with van der Waals surface area (Å²) in [5, 5.41) is 0. The van der Waals surface area contributed by atoms with Crippen molar-refractivity contribution in [3.8, 4) is 0 Å². The van der Waals surface area contributed by atoms with Crippen LogP contribution in [0.2, 0.25) is 0 Å². The smallest absolute Gasteiger partial charge is 0.0366 e. The van der Waals surface area contributed by atoms with Gasteiger partial charge in [-0.15, -0.1) is 0 Å². The van der Waals surface area contributed by atoms with Gasteiger partial charge < -0.3 is 4.90 Å². The SMILES string of the molecule is CC.CC.CCCCCN(CCCCC)c1ccc(C)cc1. The second kappa shape index (κ2) is 18.1. The third kappa shape index (κ3) is 11.7. The van der Waals surface area contributed by atoms with Crippen LogP contribution < -0.4 is 4.90 Å². The Bertz CT molecular complexity index is 292. The summed E-state index contributed by atoms with van der Waals surface area (Å²) in [5.74, 6) is 0. The minimum atomic E-state index is 1.21. The summed E-state index contributed by atoms with van der Waals surface area (Å²) in [5.41, 5.74) is 2.74. The van der Waals surface area contributed by atoms with E-state index in [9.17, 15) is 0 Å².